The van der Waals surface area contributed by atoms with Gasteiger partial charge < -0.3 is 15.2 Å². The number of carboxylic acids is 1. The minimum atomic E-state index is -0.960. The molecule has 1 fully saturated rings. The van der Waals surface area contributed by atoms with E-state index >= 15 is 0 Å². The Labute approximate surface area is 111 Å². The molecule has 1 atom stereocenters. The molecule has 0 aliphatic carbocycles. The third kappa shape index (κ3) is 3.54. The van der Waals surface area contributed by atoms with Crippen molar-refractivity contribution in [3.05, 3.63) is 29.3 Å². The predicted octanol–water partition coefficient (Wildman–Crippen LogP) is 2.06. The summed E-state index contributed by atoms with van der Waals surface area (Å²) in [5.74, 6) is -0.726. The summed E-state index contributed by atoms with van der Waals surface area (Å²) in [5.41, 5.74) is 1.52. The molecule has 1 unspecified atom stereocenters. The van der Waals surface area contributed by atoms with E-state index in [2.05, 4.69) is 5.32 Å². The predicted molar refractivity (Wildman–Crippen MR) is 70.3 cm³/mol. The van der Waals surface area contributed by atoms with Crippen molar-refractivity contribution in [1.29, 1.82) is 0 Å². The number of anilines is 1. The van der Waals surface area contributed by atoms with Crippen LogP contribution in [-0.2, 0) is 9.53 Å². The van der Waals surface area contributed by atoms with Gasteiger partial charge in [0.05, 0.1) is 5.56 Å². The number of aryl methyl sites for hydroxylation is 1. The van der Waals surface area contributed by atoms with Gasteiger partial charge in [0.25, 0.3) is 0 Å². The highest BCUT2D eigenvalue weighted by atomic mass is 16.5. The van der Waals surface area contributed by atoms with E-state index in [0.717, 1.165) is 13.0 Å². The number of aromatic carboxylic acids is 1. The van der Waals surface area contributed by atoms with Crippen molar-refractivity contribution in [2.45, 2.75) is 19.8 Å². The highest BCUT2D eigenvalue weighted by Gasteiger charge is 2.19. The Morgan fingerprint density at radius 3 is 2.84 bits per heavy atom. The number of carbonyl (C=O) groups excluding carboxylic acids is 1. The van der Waals surface area contributed by atoms with Crippen LogP contribution in [0.5, 0.6) is 0 Å². The lowest BCUT2D eigenvalue weighted by atomic mass is 10.0. The maximum Gasteiger partial charge on any atom is 0.335 e. The number of benzene rings is 1. The lowest BCUT2D eigenvalue weighted by Crippen LogP contribution is -2.17. The van der Waals surface area contributed by atoms with Crippen molar-refractivity contribution < 1.29 is 19.4 Å². The molecule has 0 saturated carbocycles. The maximum absolute atomic E-state index is 11.8. The van der Waals surface area contributed by atoms with Gasteiger partial charge in [0.2, 0.25) is 5.91 Å². The molecule has 5 heteroatoms. The number of carboxylic acid groups (broad SMARTS) is 1. The topological polar surface area (TPSA) is 75.6 Å². The van der Waals surface area contributed by atoms with Gasteiger partial charge in [-0.25, -0.2) is 4.79 Å². The zero-order valence-corrected chi connectivity index (χ0v) is 10.8. The summed E-state index contributed by atoms with van der Waals surface area (Å²) < 4.78 is 5.22. The lowest BCUT2D eigenvalue weighted by molar-refractivity contribution is -0.117. The van der Waals surface area contributed by atoms with Crippen molar-refractivity contribution in [3.8, 4) is 0 Å². The van der Waals surface area contributed by atoms with Crippen LogP contribution >= 0.6 is 0 Å². The summed E-state index contributed by atoms with van der Waals surface area (Å²) in [5, 5.41) is 11.7. The molecule has 0 radical (unpaired) electrons. The molecular weight excluding hydrogens is 246 g/mol. The van der Waals surface area contributed by atoms with Gasteiger partial charge in [-0.2, -0.15) is 0 Å². The van der Waals surface area contributed by atoms with Crippen LogP contribution < -0.4 is 5.32 Å². The summed E-state index contributed by atoms with van der Waals surface area (Å²) in [6.07, 6.45) is 1.37. The van der Waals surface area contributed by atoms with Crippen LogP contribution in [-0.4, -0.2) is 30.2 Å². The Kier molecular flexibility index (Phi) is 4.16. The van der Waals surface area contributed by atoms with E-state index in [1.54, 1.807) is 19.1 Å². The van der Waals surface area contributed by atoms with Gasteiger partial charge in [0.1, 0.15) is 0 Å². The minimum absolute atomic E-state index is 0.0574. The quantitative estimate of drug-likeness (QED) is 0.871. The fraction of sp³-hybridized carbons (Fsp3) is 0.429. The second-order valence-electron chi connectivity index (χ2n) is 4.82. The molecule has 1 aliphatic heterocycles. The zero-order chi connectivity index (χ0) is 13.8. The van der Waals surface area contributed by atoms with Gasteiger partial charge >= 0.3 is 5.97 Å². The number of nitrogens with one attached hydrogen (secondary N) is 1. The molecule has 1 aromatic rings. The van der Waals surface area contributed by atoms with Crippen LogP contribution in [0.2, 0.25) is 0 Å². The van der Waals surface area contributed by atoms with Gasteiger partial charge in [-0.05, 0) is 43.0 Å². The Bertz CT molecular complexity index is 492. The molecule has 1 aromatic carbocycles. The fourth-order valence-electron chi connectivity index (χ4n) is 2.20. The summed E-state index contributed by atoms with van der Waals surface area (Å²) in [7, 11) is 0. The molecule has 1 amide bonds. The van der Waals surface area contributed by atoms with E-state index in [4.69, 9.17) is 9.84 Å². The van der Waals surface area contributed by atoms with E-state index < -0.39 is 5.97 Å². The minimum Gasteiger partial charge on any atom is -0.478 e. The highest BCUT2D eigenvalue weighted by Crippen LogP contribution is 2.19. The van der Waals surface area contributed by atoms with E-state index in [9.17, 15) is 9.59 Å². The number of ether oxygens (including phenoxy) is 1. The van der Waals surface area contributed by atoms with Gasteiger partial charge in [0, 0.05) is 25.3 Å². The summed E-state index contributed by atoms with van der Waals surface area (Å²) in [6.45, 7) is 3.08. The normalized spacial score (nSPS) is 18.3. The molecule has 2 rings (SSSR count). The van der Waals surface area contributed by atoms with Crippen LogP contribution in [0, 0.1) is 12.8 Å². The number of carbonyl (C=O) groups is 2. The Morgan fingerprint density at radius 2 is 2.26 bits per heavy atom. The van der Waals surface area contributed by atoms with Crippen molar-refractivity contribution in [1.82, 2.24) is 0 Å². The van der Waals surface area contributed by atoms with Crippen LogP contribution in [0.4, 0.5) is 5.69 Å². The SMILES string of the molecule is Cc1cc(NC(=O)CC2CCOC2)ccc1C(=O)O. The summed E-state index contributed by atoms with van der Waals surface area (Å²) in [4.78, 5) is 22.7. The summed E-state index contributed by atoms with van der Waals surface area (Å²) in [6, 6.07) is 4.79. The molecule has 102 valence electrons. The molecule has 1 heterocycles. The first-order chi connectivity index (χ1) is 9.06. The van der Waals surface area contributed by atoms with E-state index in [1.165, 1.54) is 6.07 Å². The highest BCUT2D eigenvalue weighted by molar-refractivity contribution is 5.93. The van der Waals surface area contributed by atoms with Crippen LogP contribution in [0.3, 0.4) is 0 Å². The molecule has 19 heavy (non-hydrogen) atoms. The van der Waals surface area contributed by atoms with E-state index in [1.807, 2.05) is 0 Å². The van der Waals surface area contributed by atoms with E-state index in [0.29, 0.717) is 30.2 Å². The Balaban J connectivity index is 1.96. The number of hydrogen-bond donors (Lipinski definition) is 2. The van der Waals surface area contributed by atoms with Crippen LogP contribution in [0.25, 0.3) is 0 Å². The first-order valence-electron chi connectivity index (χ1n) is 6.28. The van der Waals surface area contributed by atoms with Crippen molar-refractivity contribution in [2.75, 3.05) is 18.5 Å². The molecule has 0 spiro atoms. The van der Waals surface area contributed by atoms with Crippen molar-refractivity contribution >= 4 is 17.6 Å². The standard InChI is InChI=1S/C14H17NO4/c1-9-6-11(2-3-12(9)14(17)18)15-13(16)7-10-4-5-19-8-10/h2-3,6,10H,4-5,7-8H2,1H3,(H,15,16)(H,17,18). The molecule has 0 aromatic heterocycles. The Hall–Kier alpha value is -1.88. The summed E-state index contributed by atoms with van der Waals surface area (Å²) >= 11 is 0. The molecule has 5 nitrogen and oxygen atoms in total. The maximum atomic E-state index is 11.8. The smallest absolute Gasteiger partial charge is 0.335 e. The largest absolute Gasteiger partial charge is 0.478 e. The second-order valence-corrected chi connectivity index (χ2v) is 4.82. The first-order valence-corrected chi connectivity index (χ1v) is 6.28. The average Bonchev–Trinajstić information content (AvgIpc) is 2.81. The molecule has 2 N–H and O–H groups in total. The molecule has 1 saturated heterocycles. The van der Waals surface area contributed by atoms with Crippen LogP contribution in [0.15, 0.2) is 18.2 Å². The number of amides is 1. The number of hydrogen-bond acceptors (Lipinski definition) is 3. The van der Waals surface area contributed by atoms with E-state index in [-0.39, 0.29) is 11.5 Å². The van der Waals surface area contributed by atoms with Crippen molar-refractivity contribution in [2.24, 2.45) is 5.92 Å². The van der Waals surface area contributed by atoms with Crippen molar-refractivity contribution in [3.63, 3.8) is 0 Å². The fourth-order valence-corrected chi connectivity index (χ4v) is 2.20. The zero-order valence-electron chi connectivity index (χ0n) is 10.8. The third-order valence-corrected chi connectivity index (χ3v) is 3.24. The molecule has 0 bridgehead atoms. The lowest BCUT2D eigenvalue weighted by Gasteiger charge is -2.10. The van der Waals surface area contributed by atoms with Gasteiger partial charge in [-0.1, -0.05) is 0 Å². The van der Waals surface area contributed by atoms with Gasteiger partial charge in [-0.15, -0.1) is 0 Å². The molecule has 1 aliphatic rings. The number of rotatable bonds is 4. The van der Waals surface area contributed by atoms with Gasteiger partial charge in [0.15, 0.2) is 0 Å². The first kappa shape index (κ1) is 13.5. The van der Waals surface area contributed by atoms with Gasteiger partial charge in [-0.3, -0.25) is 4.79 Å². The Morgan fingerprint density at radius 1 is 1.47 bits per heavy atom. The monoisotopic (exact) mass is 263 g/mol. The average molecular weight is 263 g/mol. The van der Waals surface area contributed by atoms with Crippen LogP contribution in [0.1, 0.15) is 28.8 Å². The molecular formula is C14H17NO4. The second kappa shape index (κ2) is 5.84. The third-order valence-electron chi connectivity index (χ3n) is 3.24.